The second kappa shape index (κ2) is 11.3. The van der Waals surface area contributed by atoms with E-state index in [0.29, 0.717) is 10.0 Å². The van der Waals surface area contributed by atoms with Crippen LogP contribution < -0.4 is 22.8 Å². The van der Waals surface area contributed by atoms with E-state index >= 15 is 0 Å². The normalized spacial score (nSPS) is 31.8. The van der Waals surface area contributed by atoms with Crippen LogP contribution in [0.2, 0.25) is 0 Å². The van der Waals surface area contributed by atoms with Crippen molar-refractivity contribution < 1.29 is 40.1 Å². The predicted molar refractivity (Wildman–Crippen MR) is 124 cm³/mol. The summed E-state index contributed by atoms with van der Waals surface area (Å²) in [6, 6.07) is 0. The van der Waals surface area contributed by atoms with Gasteiger partial charge in [0.2, 0.25) is 0 Å². The number of nitrogens with zero attached hydrogens (tertiary/aromatic N) is 4. The molecule has 0 bridgehead atoms. The minimum absolute atomic E-state index is 0.0167. The Morgan fingerprint density at radius 2 is 1.25 bits per heavy atom. The fourth-order valence-electron chi connectivity index (χ4n) is 3.62. The van der Waals surface area contributed by atoms with Crippen LogP contribution in [0.4, 0.5) is 11.6 Å². The van der Waals surface area contributed by atoms with Crippen molar-refractivity contribution in [2.75, 3.05) is 24.7 Å². The summed E-state index contributed by atoms with van der Waals surface area (Å²) in [4.78, 5) is 30.4. The van der Waals surface area contributed by atoms with E-state index in [1.165, 1.54) is 12.4 Å². The minimum Gasteiger partial charge on any atom is -0.394 e. The van der Waals surface area contributed by atoms with Crippen molar-refractivity contribution >= 4 is 27.6 Å². The number of nitrogens with two attached hydrogens (primary N) is 2. The van der Waals surface area contributed by atoms with Gasteiger partial charge in [0, 0.05) is 18.0 Å². The van der Waals surface area contributed by atoms with Crippen molar-refractivity contribution in [3.8, 4) is 0 Å². The summed E-state index contributed by atoms with van der Waals surface area (Å²) in [5.74, 6) is 0.117. The molecule has 0 aromatic carbocycles. The number of hydrogen-bond acceptors (Lipinski definition) is 14. The number of nitrogen functional groups attached to an aromatic ring is 2. The average Bonchev–Trinajstić information content (AvgIpc) is 3.29. The number of hydrogen-bond donors (Lipinski definition) is 8. The van der Waals surface area contributed by atoms with Crippen LogP contribution in [0.15, 0.2) is 26.5 Å². The lowest BCUT2D eigenvalue weighted by atomic mass is 10.1. The number of ether oxygens (including phenoxy) is 2. The van der Waals surface area contributed by atoms with Crippen LogP contribution >= 0.6 is 15.9 Å². The number of aryl methyl sites for hydroxylation is 1. The highest BCUT2D eigenvalue weighted by atomic mass is 79.9. The fraction of sp³-hybridized carbons (Fsp3) is 0.579. The van der Waals surface area contributed by atoms with Crippen LogP contribution in [-0.4, -0.2) is 99.6 Å². The molecule has 36 heavy (non-hydrogen) atoms. The molecule has 0 spiro atoms. The molecule has 0 unspecified atom stereocenters. The SMILES string of the molecule is Cc1cn([C@@H]2O[C@H](CO)[C@@H](O)[C@H]2O)c(=O)nc1N.Nc1nc(=O)n([C@@H]2O[C@H](CO)[C@@H](O)[C@H]2O)cc1Br. The first-order valence-corrected chi connectivity index (χ1v) is 11.3. The molecule has 2 aliphatic rings. The summed E-state index contributed by atoms with van der Waals surface area (Å²) in [7, 11) is 0. The molecule has 2 saturated heterocycles. The maximum atomic E-state index is 11.7. The number of aliphatic hydroxyl groups is 6. The van der Waals surface area contributed by atoms with Crippen molar-refractivity contribution in [1.29, 1.82) is 0 Å². The Labute approximate surface area is 211 Å². The van der Waals surface area contributed by atoms with Crippen LogP contribution in [0.3, 0.4) is 0 Å². The van der Waals surface area contributed by atoms with Crippen LogP contribution in [0.5, 0.6) is 0 Å². The van der Waals surface area contributed by atoms with Gasteiger partial charge in [-0.15, -0.1) is 0 Å². The van der Waals surface area contributed by atoms with Gasteiger partial charge in [0.05, 0.1) is 17.7 Å². The number of aliphatic hydroxyl groups excluding tert-OH is 6. The van der Waals surface area contributed by atoms with Gasteiger partial charge in [0.25, 0.3) is 0 Å². The fourth-order valence-corrected chi connectivity index (χ4v) is 3.93. The van der Waals surface area contributed by atoms with E-state index in [4.69, 9.17) is 31.2 Å². The third-order valence-electron chi connectivity index (χ3n) is 5.69. The molecule has 4 rings (SSSR count). The van der Waals surface area contributed by atoms with E-state index in [1.54, 1.807) is 6.92 Å². The third-order valence-corrected chi connectivity index (χ3v) is 6.30. The molecule has 0 aliphatic carbocycles. The summed E-state index contributed by atoms with van der Waals surface area (Å²) in [6.45, 7) is 0.734. The van der Waals surface area contributed by atoms with Gasteiger partial charge in [-0.1, -0.05) is 0 Å². The van der Waals surface area contributed by atoms with Crippen molar-refractivity contribution in [2.24, 2.45) is 0 Å². The Kier molecular flexibility index (Phi) is 8.80. The lowest BCUT2D eigenvalue weighted by Gasteiger charge is -2.17. The first kappa shape index (κ1) is 28.1. The molecule has 200 valence electrons. The molecule has 8 atom stereocenters. The van der Waals surface area contributed by atoms with Gasteiger partial charge in [-0.05, 0) is 22.9 Å². The van der Waals surface area contributed by atoms with Gasteiger partial charge in [0.15, 0.2) is 12.5 Å². The Bertz CT molecular complexity index is 1100. The van der Waals surface area contributed by atoms with E-state index < -0.39 is 73.7 Å². The molecule has 2 fully saturated rings. The molecule has 0 amide bonds. The maximum Gasteiger partial charge on any atom is 0.351 e. The molecule has 4 heterocycles. The monoisotopic (exact) mass is 578 g/mol. The Hall–Kier alpha value is -2.48. The molecule has 2 aliphatic heterocycles. The minimum atomic E-state index is -1.34. The Morgan fingerprint density at radius 1 is 0.833 bits per heavy atom. The van der Waals surface area contributed by atoms with Crippen molar-refractivity contribution in [1.82, 2.24) is 19.1 Å². The van der Waals surface area contributed by atoms with E-state index in [1.807, 2.05) is 0 Å². The van der Waals surface area contributed by atoms with Gasteiger partial charge in [0.1, 0.15) is 48.3 Å². The highest BCUT2D eigenvalue weighted by molar-refractivity contribution is 9.10. The molecule has 0 radical (unpaired) electrons. The predicted octanol–water partition coefficient (Wildman–Crippen LogP) is -4.06. The molecule has 2 aromatic rings. The van der Waals surface area contributed by atoms with Gasteiger partial charge in [-0.25, -0.2) is 9.59 Å². The van der Waals surface area contributed by atoms with Gasteiger partial charge >= 0.3 is 11.4 Å². The van der Waals surface area contributed by atoms with E-state index in [9.17, 15) is 30.0 Å². The number of halogens is 1. The standard InChI is InChI=1S/C10H15N3O5.C9H12BrN3O5/c1-4-2-13(10(17)12-8(4)11)9-7(16)6(15)5(3-14)18-9;10-3-1-13(9(17)12-7(3)11)8-6(16)5(15)4(2-14)18-8/h2,5-7,9,14-16H,3H2,1H3,(H2,11,12,17);1,4-6,8,14-16H,2H2,(H2,11,12,17)/t5-,6-,7-,9-;4-,5-,6-,8-/m11/s1. The summed E-state index contributed by atoms with van der Waals surface area (Å²) < 4.78 is 12.9. The topological polar surface area (TPSA) is 262 Å². The molecule has 2 aromatic heterocycles. The Morgan fingerprint density at radius 3 is 1.67 bits per heavy atom. The van der Waals surface area contributed by atoms with Gasteiger partial charge < -0.3 is 51.6 Å². The number of rotatable bonds is 4. The van der Waals surface area contributed by atoms with E-state index in [-0.39, 0.29) is 11.6 Å². The average molecular weight is 579 g/mol. The largest absolute Gasteiger partial charge is 0.394 e. The zero-order valence-electron chi connectivity index (χ0n) is 18.8. The molecule has 16 nitrogen and oxygen atoms in total. The molecule has 17 heteroatoms. The van der Waals surface area contributed by atoms with Crippen LogP contribution in [0, 0.1) is 6.92 Å². The molecular formula is C19H27BrN6O10. The lowest BCUT2D eigenvalue weighted by molar-refractivity contribution is -0.0550. The van der Waals surface area contributed by atoms with Gasteiger partial charge in [-0.2, -0.15) is 9.97 Å². The third kappa shape index (κ3) is 5.43. The first-order valence-electron chi connectivity index (χ1n) is 10.6. The second-order valence-corrected chi connectivity index (χ2v) is 8.97. The maximum absolute atomic E-state index is 11.7. The van der Waals surface area contributed by atoms with E-state index in [2.05, 4.69) is 25.9 Å². The van der Waals surface area contributed by atoms with Crippen molar-refractivity contribution in [2.45, 2.75) is 56.0 Å². The quantitative estimate of drug-likeness (QED) is 0.171. The summed E-state index contributed by atoms with van der Waals surface area (Å²) in [5, 5.41) is 56.7. The second-order valence-electron chi connectivity index (χ2n) is 8.12. The van der Waals surface area contributed by atoms with Gasteiger partial charge in [-0.3, -0.25) is 9.13 Å². The van der Waals surface area contributed by atoms with Crippen molar-refractivity contribution in [3.05, 3.63) is 43.4 Å². The van der Waals surface area contributed by atoms with Crippen LogP contribution in [0.1, 0.15) is 18.0 Å². The highest BCUT2D eigenvalue weighted by Gasteiger charge is 2.44. The zero-order valence-corrected chi connectivity index (χ0v) is 20.4. The number of anilines is 2. The van der Waals surface area contributed by atoms with E-state index in [0.717, 1.165) is 9.13 Å². The summed E-state index contributed by atoms with van der Waals surface area (Å²) in [6.07, 6.45) is -6.57. The zero-order chi connectivity index (χ0) is 26.9. The molecular weight excluding hydrogens is 552 g/mol. The van der Waals surface area contributed by atoms with Crippen LogP contribution in [0.25, 0.3) is 0 Å². The highest BCUT2D eigenvalue weighted by Crippen LogP contribution is 2.30. The molecule has 0 saturated carbocycles. The first-order chi connectivity index (χ1) is 16.9. The van der Waals surface area contributed by atoms with Crippen LogP contribution in [-0.2, 0) is 9.47 Å². The smallest absolute Gasteiger partial charge is 0.351 e. The molecule has 10 N–H and O–H groups in total. The Balaban J connectivity index is 0.000000201. The lowest BCUT2D eigenvalue weighted by Crippen LogP contribution is -2.36. The number of aromatic nitrogens is 4. The van der Waals surface area contributed by atoms with Crippen molar-refractivity contribution in [3.63, 3.8) is 0 Å². The summed E-state index contributed by atoms with van der Waals surface area (Å²) in [5.41, 5.74) is 10.1. The summed E-state index contributed by atoms with van der Waals surface area (Å²) >= 11 is 3.10.